The minimum absolute atomic E-state index is 0.349. The van der Waals surface area contributed by atoms with Crippen molar-refractivity contribution in [3.63, 3.8) is 0 Å². The van der Waals surface area contributed by atoms with E-state index < -0.39 is 0 Å². The van der Waals surface area contributed by atoms with Crippen molar-refractivity contribution in [2.75, 3.05) is 11.9 Å². The molecule has 1 aromatic carbocycles. The molecule has 0 aliphatic carbocycles. The van der Waals surface area contributed by atoms with Crippen LogP contribution in [-0.2, 0) is 0 Å². The van der Waals surface area contributed by atoms with Gasteiger partial charge in [-0.15, -0.1) is 0 Å². The van der Waals surface area contributed by atoms with Crippen molar-refractivity contribution in [2.45, 2.75) is 20.0 Å². The fourth-order valence-corrected chi connectivity index (χ4v) is 1.23. The number of aliphatic hydroxyl groups excluding tert-OH is 1. The SMILES string of the molecule is Cc1c(Cl)cccc1NCC(C)O. The minimum Gasteiger partial charge on any atom is -0.392 e. The van der Waals surface area contributed by atoms with Gasteiger partial charge in [-0.3, -0.25) is 0 Å². The van der Waals surface area contributed by atoms with Gasteiger partial charge in [0.15, 0.2) is 0 Å². The second kappa shape index (κ2) is 4.49. The molecule has 0 heterocycles. The van der Waals surface area contributed by atoms with E-state index in [4.69, 9.17) is 16.7 Å². The Morgan fingerprint density at radius 2 is 2.23 bits per heavy atom. The van der Waals surface area contributed by atoms with E-state index in [2.05, 4.69) is 5.32 Å². The summed E-state index contributed by atoms with van der Waals surface area (Å²) in [5.41, 5.74) is 2.00. The van der Waals surface area contributed by atoms with Gasteiger partial charge in [0, 0.05) is 17.3 Å². The van der Waals surface area contributed by atoms with Gasteiger partial charge in [-0.05, 0) is 31.5 Å². The van der Waals surface area contributed by atoms with Gasteiger partial charge in [0.05, 0.1) is 6.10 Å². The summed E-state index contributed by atoms with van der Waals surface area (Å²) < 4.78 is 0. The number of rotatable bonds is 3. The molecule has 0 fully saturated rings. The molecular formula is C10H14ClNO. The van der Waals surface area contributed by atoms with Gasteiger partial charge in [-0.1, -0.05) is 17.7 Å². The van der Waals surface area contributed by atoms with Crippen molar-refractivity contribution in [1.29, 1.82) is 0 Å². The number of nitrogens with one attached hydrogen (secondary N) is 1. The zero-order valence-corrected chi connectivity index (χ0v) is 8.60. The topological polar surface area (TPSA) is 32.3 Å². The summed E-state index contributed by atoms with van der Waals surface area (Å²) in [6.07, 6.45) is -0.349. The number of hydrogen-bond acceptors (Lipinski definition) is 2. The summed E-state index contributed by atoms with van der Waals surface area (Å²) in [5.74, 6) is 0. The highest BCUT2D eigenvalue weighted by Gasteiger charge is 2.01. The van der Waals surface area contributed by atoms with Gasteiger partial charge >= 0.3 is 0 Å². The van der Waals surface area contributed by atoms with Crippen LogP contribution in [0.15, 0.2) is 18.2 Å². The van der Waals surface area contributed by atoms with E-state index in [9.17, 15) is 0 Å². The zero-order chi connectivity index (χ0) is 9.84. The summed E-state index contributed by atoms with van der Waals surface area (Å²) >= 11 is 5.93. The summed E-state index contributed by atoms with van der Waals surface area (Å²) in [5, 5.41) is 12.9. The smallest absolute Gasteiger partial charge is 0.0684 e. The fraction of sp³-hybridized carbons (Fsp3) is 0.400. The van der Waals surface area contributed by atoms with Crippen molar-refractivity contribution in [3.05, 3.63) is 28.8 Å². The monoisotopic (exact) mass is 199 g/mol. The first-order chi connectivity index (χ1) is 6.11. The number of aliphatic hydroxyl groups is 1. The summed E-state index contributed by atoms with van der Waals surface area (Å²) in [7, 11) is 0. The van der Waals surface area contributed by atoms with Crippen molar-refractivity contribution in [1.82, 2.24) is 0 Å². The van der Waals surface area contributed by atoms with Crippen LogP contribution in [0.4, 0.5) is 5.69 Å². The molecule has 13 heavy (non-hydrogen) atoms. The second-order valence-corrected chi connectivity index (χ2v) is 3.55. The number of hydrogen-bond donors (Lipinski definition) is 2. The van der Waals surface area contributed by atoms with Crippen LogP contribution < -0.4 is 5.32 Å². The Morgan fingerprint density at radius 3 is 2.85 bits per heavy atom. The Balaban J connectivity index is 2.71. The standard InChI is InChI=1S/C10H14ClNO/c1-7(13)6-12-10-5-3-4-9(11)8(10)2/h3-5,7,12-13H,6H2,1-2H3. The lowest BCUT2D eigenvalue weighted by atomic mass is 10.2. The zero-order valence-electron chi connectivity index (χ0n) is 7.84. The highest BCUT2D eigenvalue weighted by Crippen LogP contribution is 2.22. The maximum absolute atomic E-state index is 9.08. The van der Waals surface area contributed by atoms with Crippen molar-refractivity contribution in [3.8, 4) is 0 Å². The van der Waals surface area contributed by atoms with Gasteiger partial charge in [-0.25, -0.2) is 0 Å². The van der Waals surface area contributed by atoms with E-state index >= 15 is 0 Å². The van der Waals surface area contributed by atoms with Crippen molar-refractivity contribution >= 4 is 17.3 Å². The summed E-state index contributed by atoms with van der Waals surface area (Å²) in [6, 6.07) is 5.69. The molecule has 0 radical (unpaired) electrons. The quantitative estimate of drug-likeness (QED) is 0.784. The van der Waals surface area contributed by atoms with E-state index in [0.29, 0.717) is 6.54 Å². The Bertz CT molecular complexity index is 286. The molecule has 1 aromatic rings. The molecule has 1 unspecified atom stereocenters. The van der Waals surface area contributed by atoms with Gasteiger partial charge in [-0.2, -0.15) is 0 Å². The Kier molecular flexibility index (Phi) is 3.58. The predicted octanol–water partition coefficient (Wildman–Crippen LogP) is 2.44. The maximum atomic E-state index is 9.08. The van der Waals surface area contributed by atoms with E-state index in [0.717, 1.165) is 16.3 Å². The Hall–Kier alpha value is -0.730. The van der Waals surface area contributed by atoms with Crippen LogP contribution in [0.3, 0.4) is 0 Å². The van der Waals surface area contributed by atoms with Crippen molar-refractivity contribution < 1.29 is 5.11 Å². The largest absolute Gasteiger partial charge is 0.392 e. The first kappa shape index (κ1) is 10.4. The molecule has 3 heteroatoms. The Morgan fingerprint density at radius 1 is 1.54 bits per heavy atom. The molecule has 0 saturated carbocycles. The third-order valence-electron chi connectivity index (χ3n) is 1.86. The molecule has 0 spiro atoms. The molecule has 2 nitrogen and oxygen atoms in total. The third-order valence-corrected chi connectivity index (χ3v) is 2.27. The summed E-state index contributed by atoms with van der Waals surface area (Å²) in [4.78, 5) is 0. The molecular weight excluding hydrogens is 186 g/mol. The lowest BCUT2D eigenvalue weighted by molar-refractivity contribution is 0.208. The number of anilines is 1. The molecule has 2 N–H and O–H groups in total. The average Bonchev–Trinajstić information content (AvgIpc) is 2.07. The van der Waals surface area contributed by atoms with E-state index in [1.54, 1.807) is 6.92 Å². The molecule has 72 valence electrons. The van der Waals surface area contributed by atoms with Crippen LogP contribution in [-0.4, -0.2) is 17.8 Å². The lowest BCUT2D eigenvalue weighted by Crippen LogP contribution is -2.15. The first-order valence-corrected chi connectivity index (χ1v) is 4.66. The van der Waals surface area contributed by atoms with Crippen LogP contribution in [0.1, 0.15) is 12.5 Å². The molecule has 0 aliphatic heterocycles. The van der Waals surface area contributed by atoms with Crippen LogP contribution in [0.25, 0.3) is 0 Å². The van der Waals surface area contributed by atoms with E-state index in [-0.39, 0.29) is 6.10 Å². The van der Waals surface area contributed by atoms with E-state index in [1.807, 2.05) is 25.1 Å². The van der Waals surface area contributed by atoms with Crippen LogP contribution in [0, 0.1) is 6.92 Å². The van der Waals surface area contributed by atoms with Crippen LogP contribution >= 0.6 is 11.6 Å². The maximum Gasteiger partial charge on any atom is 0.0684 e. The van der Waals surface area contributed by atoms with Crippen LogP contribution in [0.5, 0.6) is 0 Å². The molecule has 0 aromatic heterocycles. The number of benzene rings is 1. The molecule has 1 atom stereocenters. The van der Waals surface area contributed by atoms with Crippen molar-refractivity contribution in [2.24, 2.45) is 0 Å². The fourth-order valence-electron chi connectivity index (χ4n) is 1.06. The Labute approximate surface area is 83.5 Å². The average molecular weight is 200 g/mol. The highest BCUT2D eigenvalue weighted by molar-refractivity contribution is 6.31. The molecule has 1 rings (SSSR count). The normalized spacial score (nSPS) is 12.6. The third kappa shape index (κ3) is 2.90. The molecule has 0 aliphatic rings. The number of halogens is 1. The van der Waals surface area contributed by atoms with Gasteiger partial charge < -0.3 is 10.4 Å². The van der Waals surface area contributed by atoms with E-state index in [1.165, 1.54) is 0 Å². The van der Waals surface area contributed by atoms with Gasteiger partial charge in [0.1, 0.15) is 0 Å². The lowest BCUT2D eigenvalue weighted by Gasteiger charge is -2.11. The highest BCUT2D eigenvalue weighted by atomic mass is 35.5. The van der Waals surface area contributed by atoms with Gasteiger partial charge in [0.2, 0.25) is 0 Å². The molecule has 0 saturated heterocycles. The van der Waals surface area contributed by atoms with Gasteiger partial charge in [0.25, 0.3) is 0 Å². The summed E-state index contributed by atoms with van der Waals surface area (Å²) in [6.45, 7) is 4.24. The second-order valence-electron chi connectivity index (χ2n) is 3.14. The molecule has 0 bridgehead atoms. The predicted molar refractivity (Wildman–Crippen MR) is 56.4 cm³/mol. The first-order valence-electron chi connectivity index (χ1n) is 4.28. The molecule has 0 amide bonds. The minimum atomic E-state index is -0.349. The van der Waals surface area contributed by atoms with Crippen LogP contribution in [0.2, 0.25) is 5.02 Å².